The molecule has 1 saturated heterocycles. The van der Waals surface area contributed by atoms with E-state index in [1.807, 2.05) is 35.2 Å². The Morgan fingerprint density at radius 3 is 2.62 bits per heavy atom. The van der Waals surface area contributed by atoms with Gasteiger partial charge in [-0.2, -0.15) is 0 Å². The monoisotopic (exact) mass is 288 g/mol. The van der Waals surface area contributed by atoms with Crippen LogP contribution < -0.4 is 5.32 Å². The molecule has 0 aliphatic carbocycles. The van der Waals surface area contributed by atoms with Gasteiger partial charge < -0.3 is 10.2 Å². The largest absolute Gasteiger partial charge is 0.349 e. The first-order valence-electron chi connectivity index (χ1n) is 7.69. The Labute approximate surface area is 126 Å². The number of hydrogen-bond donors (Lipinski definition) is 1. The average Bonchev–Trinajstić information content (AvgIpc) is 2.47. The average molecular weight is 288 g/mol. The molecule has 1 N–H and O–H groups in total. The van der Waals surface area contributed by atoms with Gasteiger partial charge >= 0.3 is 0 Å². The van der Waals surface area contributed by atoms with Crippen molar-refractivity contribution in [3.05, 3.63) is 35.9 Å². The summed E-state index contributed by atoms with van der Waals surface area (Å²) >= 11 is 0. The van der Waals surface area contributed by atoms with Gasteiger partial charge in [-0.3, -0.25) is 9.59 Å². The first kappa shape index (κ1) is 15.5. The van der Waals surface area contributed by atoms with Gasteiger partial charge in [0.05, 0.1) is 12.5 Å². The fourth-order valence-electron chi connectivity index (χ4n) is 2.94. The zero-order valence-corrected chi connectivity index (χ0v) is 12.8. The first-order valence-corrected chi connectivity index (χ1v) is 7.69. The van der Waals surface area contributed by atoms with E-state index in [1.54, 1.807) is 0 Å². The topological polar surface area (TPSA) is 49.4 Å². The number of rotatable bonds is 4. The number of amides is 2. The smallest absolute Gasteiger partial charge is 0.225 e. The summed E-state index contributed by atoms with van der Waals surface area (Å²) in [6.45, 7) is 4.43. The van der Waals surface area contributed by atoms with Crippen LogP contribution >= 0.6 is 0 Å². The van der Waals surface area contributed by atoms with Crippen LogP contribution in [0.5, 0.6) is 0 Å². The molecule has 0 saturated carbocycles. The molecule has 21 heavy (non-hydrogen) atoms. The number of carbonyl (C=O) groups excluding carboxylic acids is 2. The fraction of sp³-hybridized carbons (Fsp3) is 0.529. The number of likely N-dealkylation sites (tertiary alicyclic amines) is 1. The lowest BCUT2D eigenvalue weighted by Gasteiger charge is -2.34. The maximum atomic E-state index is 12.5. The summed E-state index contributed by atoms with van der Waals surface area (Å²) in [5, 5.41) is 2.89. The van der Waals surface area contributed by atoms with Gasteiger partial charge in [0.2, 0.25) is 11.8 Å². The summed E-state index contributed by atoms with van der Waals surface area (Å²) < 4.78 is 0. The second-order valence-corrected chi connectivity index (χ2v) is 5.80. The highest BCUT2D eigenvalue weighted by Crippen LogP contribution is 2.22. The minimum atomic E-state index is -0.245. The highest BCUT2D eigenvalue weighted by molar-refractivity contribution is 5.79. The van der Waals surface area contributed by atoms with Gasteiger partial charge in [0, 0.05) is 19.5 Å². The summed E-state index contributed by atoms with van der Waals surface area (Å²) in [5.41, 5.74) is 0.978. The maximum absolute atomic E-state index is 12.5. The molecule has 0 spiro atoms. The Morgan fingerprint density at radius 2 is 2.00 bits per heavy atom. The summed E-state index contributed by atoms with van der Waals surface area (Å²) in [6.07, 6.45) is 3.67. The van der Waals surface area contributed by atoms with Crippen LogP contribution in [0.15, 0.2) is 30.3 Å². The van der Waals surface area contributed by atoms with Crippen LogP contribution in [-0.2, 0) is 9.59 Å². The van der Waals surface area contributed by atoms with Gasteiger partial charge in [-0.05, 0) is 31.7 Å². The lowest BCUT2D eigenvalue weighted by molar-refractivity contribution is -0.135. The minimum absolute atomic E-state index is 0.108. The van der Waals surface area contributed by atoms with Crippen molar-refractivity contribution < 1.29 is 9.59 Å². The molecule has 1 aliphatic rings. The molecule has 2 atom stereocenters. The maximum Gasteiger partial charge on any atom is 0.225 e. The van der Waals surface area contributed by atoms with Crippen LogP contribution in [0.25, 0.3) is 0 Å². The van der Waals surface area contributed by atoms with E-state index in [0.717, 1.165) is 24.9 Å². The van der Waals surface area contributed by atoms with Gasteiger partial charge in [-0.25, -0.2) is 0 Å². The molecule has 114 valence electrons. The van der Waals surface area contributed by atoms with Gasteiger partial charge in [0.15, 0.2) is 0 Å². The number of carbonyl (C=O) groups is 2. The molecular weight excluding hydrogens is 264 g/mol. The third-order valence-electron chi connectivity index (χ3n) is 4.08. The molecule has 1 aromatic carbocycles. The number of nitrogens with one attached hydrogen (secondary N) is 1. The Morgan fingerprint density at radius 1 is 1.29 bits per heavy atom. The van der Waals surface area contributed by atoms with E-state index in [2.05, 4.69) is 12.2 Å². The zero-order valence-electron chi connectivity index (χ0n) is 12.8. The van der Waals surface area contributed by atoms with Crippen LogP contribution in [0.2, 0.25) is 0 Å². The summed E-state index contributed by atoms with van der Waals surface area (Å²) in [4.78, 5) is 25.9. The van der Waals surface area contributed by atoms with Crippen molar-refractivity contribution in [3.8, 4) is 0 Å². The molecule has 4 heteroatoms. The van der Waals surface area contributed by atoms with E-state index >= 15 is 0 Å². The van der Waals surface area contributed by atoms with E-state index in [-0.39, 0.29) is 17.9 Å². The van der Waals surface area contributed by atoms with Crippen LogP contribution in [0.3, 0.4) is 0 Å². The second kappa shape index (κ2) is 7.25. The van der Waals surface area contributed by atoms with Crippen molar-refractivity contribution in [1.29, 1.82) is 0 Å². The Hall–Kier alpha value is -1.84. The molecule has 0 radical (unpaired) electrons. The van der Waals surface area contributed by atoms with Gasteiger partial charge in [-0.15, -0.1) is 0 Å². The Bertz CT molecular complexity index is 487. The van der Waals surface area contributed by atoms with Crippen molar-refractivity contribution in [2.75, 3.05) is 6.54 Å². The normalized spacial score (nSPS) is 19.9. The van der Waals surface area contributed by atoms with E-state index < -0.39 is 0 Å². The van der Waals surface area contributed by atoms with Crippen molar-refractivity contribution in [2.24, 2.45) is 0 Å². The fourth-order valence-corrected chi connectivity index (χ4v) is 2.94. The molecule has 1 aromatic rings. The number of nitrogens with zero attached hydrogens (tertiary/aromatic N) is 1. The van der Waals surface area contributed by atoms with Crippen molar-refractivity contribution in [2.45, 2.75) is 51.6 Å². The highest BCUT2D eigenvalue weighted by Gasteiger charge is 2.26. The molecule has 4 nitrogen and oxygen atoms in total. The highest BCUT2D eigenvalue weighted by atomic mass is 16.2. The van der Waals surface area contributed by atoms with E-state index in [1.165, 1.54) is 13.3 Å². The lowest BCUT2D eigenvalue weighted by atomic mass is 9.99. The molecule has 0 aromatic heterocycles. The number of piperidine rings is 1. The summed E-state index contributed by atoms with van der Waals surface area (Å²) in [7, 11) is 0. The summed E-state index contributed by atoms with van der Waals surface area (Å²) in [6, 6.07) is 9.76. The van der Waals surface area contributed by atoms with Crippen LogP contribution in [0, 0.1) is 0 Å². The molecule has 2 rings (SSSR count). The van der Waals surface area contributed by atoms with E-state index in [4.69, 9.17) is 0 Å². The molecule has 0 unspecified atom stereocenters. The van der Waals surface area contributed by atoms with E-state index in [0.29, 0.717) is 12.5 Å². The van der Waals surface area contributed by atoms with Crippen molar-refractivity contribution in [3.63, 3.8) is 0 Å². The van der Waals surface area contributed by atoms with Gasteiger partial charge in [0.25, 0.3) is 0 Å². The van der Waals surface area contributed by atoms with Crippen LogP contribution in [-0.4, -0.2) is 29.3 Å². The van der Waals surface area contributed by atoms with Crippen molar-refractivity contribution >= 4 is 11.8 Å². The molecule has 2 amide bonds. The summed E-state index contributed by atoms with van der Waals surface area (Å²) in [5.74, 6) is 0.0214. The number of hydrogen-bond acceptors (Lipinski definition) is 2. The second-order valence-electron chi connectivity index (χ2n) is 5.80. The molecule has 1 fully saturated rings. The van der Waals surface area contributed by atoms with Crippen LogP contribution in [0.1, 0.15) is 51.1 Å². The van der Waals surface area contributed by atoms with E-state index in [9.17, 15) is 9.59 Å². The predicted molar refractivity (Wildman–Crippen MR) is 82.6 cm³/mol. The lowest BCUT2D eigenvalue weighted by Crippen LogP contribution is -2.43. The van der Waals surface area contributed by atoms with Crippen molar-refractivity contribution in [1.82, 2.24) is 10.2 Å². The molecule has 1 heterocycles. The van der Waals surface area contributed by atoms with Gasteiger partial charge in [0.1, 0.15) is 0 Å². The standard InChI is InChI=1S/C17H24N2O2/c1-13-8-6-7-11-19(13)17(21)12-16(18-14(2)20)15-9-4-3-5-10-15/h3-5,9-10,13,16H,6-8,11-12H2,1-2H3,(H,18,20)/t13-,16-/m1/s1. The SMILES string of the molecule is CC(=O)N[C@H](CC(=O)N1CCCC[C@H]1C)c1ccccc1. The quantitative estimate of drug-likeness (QED) is 0.926. The zero-order chi connectivity index (χ0) is 15.2. The van der Waals surface area contributed by atoms with Gasteiger partial charge in [-0.1, -0.05) is 30.3 Å². The number of benzene rings is 1. The third kappa shape index (κ3) is 4.31. The molecular formula is C17H24N2O2. The molecule has 1 aliphatic heterocycles. The molecule has 0 bridgehead atoms. The first-order chi connectivity index (χ1) is 10.1. The Balaban J connectivity index is 2.07. The third-order valence-corrected chi connectivity index (χ3v) is 4.08. The Kier molecular flexibility index (Phi) is 5.37. The minimum Gasteiger partial charge on any atom is -0.349 e. The predicted octanol–water partition coefficient (Wildman–Crippen LogP) is 2.65. The van der Waals surface area contributed by atoms with Crippen LogP contribution in [0.4, 0.5) is 0 Å².